The number of hydrogen-bond acceptors (Lipinski definition) is 5. The zero-order valence-corrected chi connectivity index (χ0v) is 20.6. The molecule has 186 valence electrons. The number of amides is 1. The monoisotopic (exact) mass is 487 g/mol. The van der Waals surface area contributed by atoms with Gasteiger partial charge in [-0.2, -0.15) is 0 Å². The molecule has 0 unspecified atom stereocenters. The predicted octanol–water partition coefficient (Wildman–Crippen LogP) is 3.76. The number of anilines is 2. The maximum absolute atomic E-state index is 13.7. The Morgan fingerprint density at radius 3 is 2.44 bits per heavy atom. The Morgan fingerprint density at radius 1 is 0.972 bits per heavy atom. The first-order chi connectivity index (χ1) is 17.4. The van der Waals surface area contributed by atoms with Gasteiger partial charge in [0.25, 0.3) is 5.91 Å². The van der Waals surface area contributed by atoms with Gasteiger partial charge in [-0.25, -0.2) is 4.39 Å². The van der Waals surface area contributed by atoms with Crippen molar-refractivity contribution in [1.29, 1.82) is 0 Å². The Morgan fingerprint density at radius 2 is 1.69 bits per heavy atom. The molecule has 4 aromatic rings. The van der Waals surface area contributed by atoms with Gasteiger partial charge in [-0.15, -0.1) is 0 Å². The molecule has 3 aromatic carbocycles. The molecule has 0 atom stereocenters. The zero-order valence-electron chi connectivity index (χ0n) is 20.6. The summed E-state index contributed by atoms with van der Waals surface area (Å²) in [6, 6.07) is 16.9. The molecular formula is C28H30FN5O2. The number of fused-ring (bicyclic) bond motifs is 2. The Bertz CT molecular complexity index is 1470. The van der Waals surface area contributed by atoms with Gasteiger partial charge in [-0.1, -0.05) is 6.07 Å². The smallest absolute Gasteiger partial charge is 0.255 e. The van der Waals surface area contributed by atoms with Crippen molar-refractivity contribution < 1.29 is 9.18 Å². The molecule has 2 heterocycles. The molecule has 7 nitrogen and oxygen atoms in total. The molecule has 2 N–H and O–H groups in total. The maximum Gasteiger partial charge on any atom is 0.255 e. The minimum atomic E-state index is -0.476. The molecule has 8 heteroatoms. The zero-order chi connectivity index (χ0) is 25.2. The standard InChI is InChI=1S/C28H30FN5O2/c1-32(2)10-11-33-12-14-34(15-13-33)22-5-3-4-21(18-22)30-28(36)19-6-8-25-23(16-19)27(35)24-17-20(29)7-9-26(24)31-25/h3-9,16-18H,10-15H2,1-2H3,(H,30,36)(H,31,35). The number of carbonyl (C=O) groups excluding carboxylic acids is 1. The molecule has 0 bridgehead atoms. The van der Waals surface area contributed by atoms with Crippen LogP contribution in [-0.4, -0.2) is 74.1 Å². The number of aromatic nitrogens is 1. The van der Waals surface area contributed by atoms with Gasteiger partial charge in [0.05, 0.1) is 0 Å². The molecule has 36 heavy (non-hydrogen) atoms. The van der Waals surface area contributed by atoms with Crippen LogP contribution in [0.1, 0.15) is 10.4 Å². The van der Waals surface area contributed by atoms with Gasteiger partial charge < -0.3 is 20.1 Å². The van der Waals surface area contributed by atoms with Gasteiger partial charge in [-0.3, -0.25) is 14.5 Å². The first-order valence-corrected chi connectivity index (χ1v) is 12.2. The number of carbonyl (C=O) groups is 1. The molecule has 1 saturated heterocycles. The number of nitrogens with zero attached hydrogens (tertiary/aromatic N) is 3. The second-order valence-electron chi connectivity index (χ2n) is 9.54. The van der Waals surface area contributed by atoms with Crippen molar-refractivity contribution in [3.63, 3.8) is 0 Å². The van der Waals surface area contributed by atoms with Crippen LogP contribution in [0.5, 0.6) is 0 Å². The van der Waals surface area contributed by atoms with Gasteiger partial charge in [-0.05, 0) is 68.7 Å². The number of rotatable bonds is 6. The van der Waals surface area contributed by atoms with Crippen LogP contribution in [-0.2, 0) is 0 Å². The molecule has 1 fully saturated rings. The van der Waals surface area contributed by atoms with Crippen LogP contribution in [0, 0.1) is 5.82 Å². The molecule has 0 aliphatic carbocycles. The number of aromatic amines is 1. The quantitative estimate of drug-likeness (QED) is 0.406. The number of pyridine rings is 1. The van der Waals surface area contributed by atoms with E-state index in [2.05, 4.69) is 45.2 Å². The third-order valence-electron chi connectivity index (χ3n) is 6.73. The minimum absolute atomic E-state index is 0.259. The lowest BCUT2D eigenvalue weighted by Gasteiger charge is -2.36. The number of benzene rings is 3. The predicted molar refractivity (Wildman–Crippen MR) is 144 cm³/mol. The van der Waals surface area contributed by atoms with Crippen LogP contribution >= 0.6 is 0 Å². The Balaban J connectivity index is 1.31. The summed E-state index contributed by atoms with van der Waals surface area (Å²) in [5.41, 5.74) is 2.98. The van der Waals surface area contributed by atoms with Crippen molar-refractivity contribution in [2.24, 2.45) is 0 Å². The fourth-order valence-electron chi connectivity index (χ4n) is 4.64. The lowest BCUT2D eigenvalue weighted by Crippen LogP contribution is -2.48. The molecule has 0 spiro atoms. The molecule has 0 radical (unpaired) electrons. The van der Waals surface area contributed by atoms with Gasteiger partial charge in [0.2, 0.25) is 0 Å². The maximum atomic E-state index is 13.7. The lowest BCUT2D eigenvalue weighted by molar-refractivity contribution is 0.102. The van der Waals surface area contributed by atoms with Gasteiger partial charge in [0.1, 0.15) is 5.82 Å². The average molecular weight is 488 g/mol. The van der Waals surface area contributed by atoms with E-state index in [4.69, 9.17) is 0 Å². The normalized spacial score (nSPS) is 14.6. The van der Waals surface area contributed by atoms with E-state index >= 15 is 0 Å². The molecule has 0 saturated carbocycles. The van der Waals surface area contributed by atoms with Gasteiger partial charge >= 0.3 is 0 Å². The van der Waals surface area contributed by atoms with Crippen molar-refractivity contribution >= 4 is 39.1 Å². The van der Waals surface area contributed by atoms with Crippen molar-refractivity contribution in [3.8, 4) is 0 Å². The summed E-state index contributed by atoms with van der Waals surface area (Å²) < 4.78 is 13.7. The van der Waals surface area contributed by atoms with E-state index in [-0.39, 0.29) is 16.7 Å². The summed E-state index contributed by atoms with van der Waals surface area (Å²) >= 11 is 0. The van der Waals surface area contributed by atoms with Gasteiger partial charge in [0, 0.05) is 78.0 Å². The third kappa shape index (κ3) is 5.10. The van der Waals surface area contributed by atoms with Crippen LogP contribution in [0.25, 0.3) is 21.8 Å². The summed E-state index contributed by atoms with van der Waals surface area (Å²) in [4.78, 5) is 36.1. The van der Waals surface area contributed by atoms with E-state index in [1.807, 2.05) is 18.2 Å². The number of halogens is 1. The van der Waals surface area contributed by atoms with Crippen molar-refractivity contribution in [2.75, 3.05) is 63.6 Å². The van der Waals surface area contributed by atoms with Crippen molar-refractivity contribution in [2.45, 2.75) is 0 Å². The van der Waals surface area contributed by atoms with Crippen molar-refractivity contribution in [1.82, 2.24) is 14.8 Å². The highest BCUT2D eigenvalue weighted by Gasteiger charge is 2.18. The number of piperazine rings is 1. The van der Waals surface area contributed by atoms with E-state index in [1.54, 1.807) is 24.3 Å². The minimum Gasteiger partial charge on any atom is -0.369 e. The summed E-state index contributed by atoms with van der Waals surface area (Å²) in [5.74, 6) is -0.780. The van der Waals surface area contributed by atoms with E-state index in [9.17, 15) is 14.0 Å². The number of nitrogens with one attached hydrogen (secondary N) is 2. The molecule has 1 aliphatic heterocycles. The fourth-order valence-corrected chi connectivity index (χ4v) is 4.64. The topological polar surface area (TPSA) is 71.7 Å². The number of H-pyrrole nitrogens is 1. The lowest BCUT2D eigenvalue weighted by atomic mass is 10.1. The number of hydrogen-bond donors (Lipinski definition) is 2. The molecule has 1 amide bonds. The summed E-state index contributed by atoms with van der Waals surface area (Å²) in [6.45, 7) is 6.01. The van der Waals surface area contributed by atoms with E-state index in [1.165, 1.54) is 12.1 Å². The highest BCUT2D eigenvalue weighted by Crippen LogP contribution is 2.22. The van der Waals surface area contributed by atoms with E-state index < -0.39 is 5.82 Å². The largest absolute Gasteiger partial charge is 0.369 e. The molecule has 5 rings (SSSR count). The molecule has 1 aliphatic rings. The highest BCUT2D eigenvalue weighted by atomic mass is 19.1. The van der Waals surface area contributed by atoms with Crippen LogP contribution in [0.15, 0.2) is 65.5 Å². The van der Waals surface area contributed by atoms with Crippen LogP contribution in [0.3, 0.4) is 0 Å². The highest BCUT2D eigenvalue weighted by molar-refractivity contribution is 6.07. The van der Waals surface area contributed by atoms with E-state index in [0.717, 1.165) is 45.0 Å². The molecular weight excluding hydrogens is 457 g/mol. The third-order valence-corrected chi connectivity index (χ3v) is 6.73. The second-order valence-corrected chi connectivity index (χ2v) is 9.54. The van der Waals surface area contributed by atoms with Crippen LogP contribution < -0.4 is 15.6 Å². The Labute approximate surface area is 209 Å². The van der Waals surface area contributed by atoms with E-state index in [0.29, 0.717) is 27.7 Å². The first-order valence-electron chi connectivity index (χ1n) is 12.2. The second kappa shape index (κ2) is 10.1. The summed E-state index contributed by atoms with van der Waals surface area (Å²) in [5, 5.41) is 3.56. The van der Waals surface area contributed by atoms with Crippen molar-refractivity contribution in [3.05, 3.63) is 82.3 Å². The fraction of sp³-hybridized carbons (Fsp3) is 0.286. The number of likely N-dealkylation sites (N-methyl/N-ethyl adjacent to an activating group) is 1. The SMILES string of the molecule is CN(C)CCN1CCN(c2cccc(NC(=O)c3ccc4[nH]c5ccc(F)cc5c(=O)c4c3)c2)CC1. The van der Waals surface area contributed by atoms with Crippen LogP contribution in [0.2, 0.25) is 0 Å². The average Bonchev–Trinajstić information content (AvgIpc) is 2.88. The van der Waals surface area contributed by atoms with Gasteiger partial charge in [0.15, 0.2) is 5.43 Å². The first kappa shape index (κ1) is 24.0. The summed E-state index contributed by atoms with van der Waals surface area (Å²) in [7, 11) is 4.18. The van der Waals surface area contributed by atoms with Crippen LogP contribution in [0.4, 0.5) is 15.8 Å². The summed E-state index contributed by atoms with van der Waals surface area (Å²) in [6.07, 6.45) is 0. The Hall–Kier alpha value is -3.75. The Kier molecular flexibility index (Phi) is 6.71. The molecule has 1 aromatic heterocycles.